The highest BCUT2D eigenvalue weighted by Gasteiger charge is 2.39. The van der Waals surface area contributed by atoms with Crippen molar-refractivity contribution in [3.63, 3.8) is 0 Å². The molecule has 0 fully saturated rings. The second-order valence-electron chi connectivity index (χ2n) is 10.7. The SMILES string of the molecule is Cc1ccc(S[C@H](c2ccccc2)[C@H](c2ccccc2)N(Cc2ccccc2)P(Oc2ccccc2)Oc2ccccc2)cc1. The molecule has 6 aromatic rings. The van der Waals surface area contributed by atoms with E-state index in [2.05, 4.69) is 127 Å². The normalized spacial score (nSPS) is 12.5. The van der Waals surface area contributed by atoms with Gasteiger partial charge in [-0.3, -0.25) is 0 Å². The first-order valence-corrected chi connectivity index (χ1v) is 17.1. The lowest BCUT2D eigenvalue weighted by Gasteiger charge is -2.40. The molecule has 0 N–H and O–H groups in total. The minimum Gasteiger partial charge on any atom is -0.427 e. The summed E-state index contributed by atoms with van der Waals surface area (Å²) in [6, 6.07) is 60.9. The van der Waals surface area contributed by atoms with Crippen LogP contribution >= 0.6 is 20.3 Å². The van der Waals surface area contributed by atoms with E-state index in [9.17, 15) is 0 Å². The zero-order chi connectivity index (χ0) is 30.7. The Balaban J connectivity index is 1.53. The maximum Gasteiger partial charge on any atom is 0.385 e. The molecule has 45 heavy (non-hydrogen) atoms. The number of nitrogens with zero attached hydrogens (tertiary/aromatic N) is 1. The van der Waals surface area contributed by atoms with E-state index >= 15 is 0 Å². The molecule has 0 radical (unpaired) electrons. The van der Waals surface area contributed by atoms with E-state index in [0.29, 0.717) is 6.54 Å². The van der Waals surface area contributed by atoms with Crippen molar-refractivity contribution in [2.24, 2.45) is 0 Å². The van der Waals surface area contributed by atoms with Gasteiger partial charge in [-0.2, -0.15) is 0 Å². The van der Waals surface area contributed by atoms with Crippen molar-refractivity contribution in [2.45, 2.75) is 29.7 Å². The molecule has 6 rings (SSSR count). The average molecular weight is 626 g/mol. The third kappa shape index (κ3) is 8.44. The average Bonchev–Trinajstić information content (AvgIpc) is 3.10. The molecule has 2 atom stereocenters. The topological polar surface area (TPSA) is 21.7 Å². The summed E-state index contributed by atoms with van der Waals surface area (Å²) in [6.45, 7) is 2.76. The van der Waals surface area contributed by atoms with Gasteiger partial charge < -0.3 is 9.05 Å². The third-order valence-corrected chi connectivity index (χ3v) is 10.3. The van der Waals surface area contributed by atoms with Gasteiger partial charge in [0.2, 0.25) is 0 Å². The van der Waals surface area contributed by atoms with Crippen molar-refractivity contribution in [1.82, 2.24) is 4.67 Å². The monoisotopic (exact) mass is 625 g/mol. The molecule has 0 amide bonds. The molecule has 3 nitrogen and oxygen atoms in total. The summed E-state index contributed by atoms with van der Waals surface area (Å²) in [6.07, 6.45) is 0. The molecule has 0 bridgehead atoms. The van der Waals surface area contributed by atoms with E-state index in [1.807, 2.05) is 72.4 Å². The Labute approximate surface area is 272 Å². The number of para-hydroxylation sites is 2. The van der Waals surface area contributed by atoms with Crippen LogP contribution in [0.2, 0.25) is 0 Å². The van der Waals surface area contributed by atoms with Crippen molar-refractivity contribution in [2.75, 3.05) is 0 Å². The fourth-order valence-corrected chi connectivity index (χ4v) is 8.17. The Bertz CT molecular complexity index is 1670. The highest BCUT2D eigenvalue weighted by molar-refractivity contribution is 7.99. The molecule has 5 heteroatoms. The quantitative estimate of drug-likeness (QED) is 0.0940. The second-order valence-corrected chi connectivity index (χ2v) is 13.3. The van der Waals surface area contributed by atoms with Gasteiger partial charge >= 0.3 is 8.53 Å². The summed E-state index contributed by atoms with van der Waals surface area (Å²) < 4.78 is 16.2. The van der Waals surface area contributed by atoms with Crippen molar-refractivity contribution < 1.29 is 9.05 Å². The van der Waals surface area contributed by atoms with Gasteiger partial charge in [0.25, 0.3) is 0 Å². The first-order valence-electron chi connectivity index (χ1n) is 15.1. The zero-order valence-corrected chi connectivity index (χ0v) is 26.9. The minimum atomic E-state index is -1.65. The lowest BCUT2D eigenvalue weighted by atomic mass is 9.97. The second kappa shape index (κ2) is 15.6. The summed E-state index contributed by atoms with van der Waals surface area (Å²) in [5, 5.41) is 0.0174. The van der Waals surface area contributed by atoms with Crippen LogP contribution in [0.3, 0.4) is 0 Å². The minimum absolute atomic E-state index is 0.0174. The third-order valence-electron chi connectivity index (χ3n) is 7.41. The van der Waals surface area contributed by atoms with Crippen LogP contribution in [0.25, 0.3) is 0 Å². The molecule has 6 aromatic carbocycles. The molecule has 0 unspecified atom stereocenters. The summed E-state index contributed by atoms with van der Waals surface area (Å²) in [7, 11) is -1.65. The van der Waals surface area contributed by atoms with E-state index in [-0.39, 0.29) is 11.3 Å². The summed E-state index contributed by atoms with van der Waals surface area (Å²) in [4.78, 5) is 1.22. The Morgan fingerprint density at radius 1 is 0.533 bits per heavy atom. The lowest BCUT2D eigenvalue weighted by Crippen LogP contribution is -2.31. The van der Waals surface area contributed by atoms with Gasteiger partial charge in [0.15, 0.2) is 0 Å². The van der Waals surface area contributed by atoms with Crippen molar-refractivity contribution >= 4 is 20.3 Å². The number of hydrogen-bond donors (Lipinski definition) is 0. The number of rotatable bonds is 13. The van der Waals surface area contributed by atoms with Gasteiger partial charge in [-0.05, 0) is 60.0 Å². The zero-order valence-electron chi connectivity index (χ0n) is 25.2. The van der Waals surface area contributed by atoms with Crippen LogP contribution < -0.4 is 9.05 Å². The molecule has 0 aliphatic heterocycles. The smallest absolute Gasteiger partial charge is 0.385 e. The summed E-state index contributed by atoms with van der Waals surface area (Å²) >= 11 is 1.88. The first-order chi connectivity index (χ1) is 22.2. The number of hydrogen-bond acceptors (Lipinski definition) is 4. The van der Waals surface area contributed by atoms with Crippen LogP contribution in [0.4, 0.5) is 0 Å². The van der Waals surface area contributed by atoms with E-state index in [0.717, 1.165) is 11.5 Å². The lowest BCUT2D eigenvalue weighted by molar-refractivity contribution is 0.274. The van der Waals surface area contributed by atoms with E-state index < -0.39 is 8.53 Å². The molecule has 0 saturated carbocycles. The number of thioether (sulfide) groups is 1. The highest BCUT2D eigenvalue weighted by atomic mass is 32.2. The maximum absolute atomic E-state index is 6.87. The predicted octanol–water partition coefficient (Wildman–Crippen LogP) is 11.5. The van der Waals surface area contributed by atoms with Crippen LogP contribution in [0, 0.1) is 6.92 Å². The Hall–Kier alpha value is -4.34. The van der Waals surface area contributed by atoms with Crippen LogP contribution in [-0.4, -0.2) is 4.67 Å². The van der Waals surface area contributed by atoms with Gasteiger partial charge in [0.05, 0.1) is 11.3 Å². The molecule has 0 saturated heterocycles. The molecule has 0 aromatic heterocycles. The van der Waals surface area contributed by atoms with Gasteiger partial charge in [-0.1, -0.05) is 145 Å². The molecule has 0 aliphatic rings. The van der Waals surface area contributed by atoms with E-state index in [1.54, 1.807) is 0 Å². The highest BCUT2D eigenvalue weighted by Crippen LogP contribution is 2.56. The fourth-order valence-electron chi connectivity index (χ4n) is 5.17. The van der Waals surface area contributed by atoms with Gasteiger partial charge in [0.1, 0.15) is 11.5 Å². The molecular formula is C40H36NO2PS. The van der Waals surface area contributed by atoms with Crippen molar-refractivity contribution in [1.29, 1.82) is 0 Å². The molecule has 0 heterocycles. The summed E-state index contributed by atoms with van der Waals surface area (Å²) in [5.74, 6) is 1.54. The molecule has 0 spiro atoms. The van der Waals surface area contributed by atoms with Gasteiger partial charge in [-0.25, -0.2) is 4.67 Å². The van der Waals surface area contributed by atoms with Gasteiger partial charge in [0, 0.05) is 11.4 Å². The molecule has 224 valence electrons. The van der Waals surface area contributed by atoms with Crippen molar-refractivity contribution in [3.05, 3.63) is 198 Å². The molecular weight excluding hydrogens is 589 g/mol. The van der Waals surface area contributed by atoms with E-state index in [4.69, 9.17) is 9.05 Å². The van der Waals surface area contributed by atoms with Gasteiger partial charge in [-0.15, -0.1) is 11.8 Å². The Kier molecular flexibility index (Phi) is 10.6. The first kappa shape index (κ1) is 30.7. The van der Waals surface area contributed by atoms with Crippen LogP contribution in [-0.2, 0) is 6.54 Å². The van der Waals surface area contributed by atoms with Crippen LogP contribution in [0.15, 0.2) is 181 Å². The largest absolute Gasteiger partial charge is 0.427 e. The fraction of sp³-hybridized carbons (Fsp3) is 0.100. The molecule has 0 aliphatic carbocycles. The summed E-state index contributed by atoms with van der Waals surface area (Å²) in [5.41, 5.74) is 4.87. The van der Waals surface area contributed by atoms with Crippen LogP contribution in [0.5, 0.6) is 11.5 Å². The predicted molar refractivity (Wildman–Crippen MR) is 188 cm³/mol. The Morgan fingerprint density at radius 2 is 0.978 bits per heavy atom. The number of benzene rings is 6. The van der Waals surface area contributed by atoms with Crippen molar-refractivity contribution in [3.8, 4) is 11.5 Å². The van der Waals surface area contributed by atoms with E-state index in [1.165, 1.54) is 27.1 Å². The van der Waals surface area contributed by atoms with Crippen LogP contribution in [0.1, 0.15) is 33.5 Å². The standard InChI is InChI=1S/C40H36NO2PS/c1-32-27-29-38(30-28-32)45-40(35-21-11-4-12-22-35)39(34-19-9-3-10-20-34)41(31-33-17-7-2-8-18-33)44(42-36-23-13-5-14-24-36)43-37-25-15-6-16-26-37/h2-30,39-40H,31H2,1H3/t39-,40+/m0/s1. The Morgan fingerprint density at radius 3 is 1.49 bits per heavy atom. The maximum atomic E-state index is 6.87. The number of aryl methyl sites for hydroxylation is 1.